The Morgan fingerprint density at radius 1 is 1.08 bits per heavy atom. The predicted octanol–water partition coefficient (Wildman–Crippen LogP) is 1.84. The Bertz CT molecular complexity index is 1040. The second-order valence-corrected chi connectivity index (χ2v) is 13.1. The van der Waals surface area contributed by atoms with E-state index in [1.54, 1.807) is 13.0 Å². The number of cyclic esters (lactones) is 1. The van der Waals surface area contributed by atoms with E-state index >= 15 is 0 Å². The number of hydrogen-bond acceptors (Lipinski definition) is 9. The third-order valence-electron chi connectivity index (χ3n) is 11.6. The van der Waals surface area contributed by atoms with E-state index in [-0.39, 0.29) is 48.6 Å². The molecule has 0 bridgehead atoms. The summed E-state index contributed by atoms with van der Waals surface area (Å²) in [6, 6.07) is 0. The Labute approximate surface area is 222 Å². The summed E-state index contributed by atoms with van der Waals surface area (Å²) in [5, 5.41) is 33.6. The number of ether oxygens (including phenoxy) is 3. The second kappa shape index (κ2) is 9.20. The van der Waals surface area contributed by atoms with Crippen molar-refractivity contribution in [2.45, 2.75) is 108 Å². The zero-order chi connectivity index (χ0) is 27.0. The van der Waals surface area contributed by atoms with E-state index in [4.69, 9.17) is 14.2 Å². The first kappa shape index (κ1) is 26.6. The lowest BCUT2D eigenvalue weighted by Gasteiger charge is -2.63. The van der Waals surface area contributed by atoms with Gasteiger partial charge in [0.15, 0.2) is 0 Å². The molecule has 38 heavy (non-hydrogen) atoms. The largest absolute Gasteiger partial charge is 0.458 e. The molecule has 4 unspecified atom stereocenters. The maximum atomic E-state index is 12.9. The van der Waals surface area contributed by atoms with E-state index in [9.17, 15) is 29.7 Å². The first-order valence-electron chi connectivity index (χ1n) is 14.3. The number of hydrogen-bond donors (Lipinski definition) is 3. The molecule has 0 aromatic heterocycles. The molecule has 1 saturated heterocycles. The van der Waals surface area contributed by atoms with Crippen LogP contribution in [-0.2, 0) is 28.6 Å². The highest BCUT2D eigenvalue weighted by atomic mass is 16.7. The lowest BCUT2D eigenvalue weighted by Crippen LogP contribution is -2.65. The number of rotatable bonds is 4. The van der Waals surface area contributed by atoms with E-state index in [2.05, 4.69) is 6.92 Å². The van der Waals surface area contributed by atoms with Gasteiger partial charge in [0.05, 0.1) is 23.9 Å². The van der Waals surface area contributed by atoms with Gasteiger partial charge in [0, 0.05) is 23.3 Å². The van der Waals surface area contributed by atoms with E-state index in [0.717, 1.165) is 44.0 Å². The van der Waals surface area contributed by atoms with Crippen molar-refractivity contribution in [3.05, 3.63) is 11.6 Å². The smallest absolute Gasteiger partial charge is 0.331 e. The Balaban J connectivity index is 1.23. The van der Waals surface area contributed by atoms with Crippen molar-refractivity contribution in [2.24, 2.45) is 34.5 Å². The topological polar surface area (TPSA) is 140 Å². The molecule has 9 nitrogen and oxygen atoms in total. The van der Waals surface area contributed by atoms with Crippen molar-refractivity contribution >= 4 is 18.0 Å². The quantitative estimate of drug-likeness (QED) is 0.281. The fourth-order valence-corrected chi connectivity index (χ4v) is 9.62. The zero-order valence-electron chi connectivity index (χ0n) is 22.2. The first-order chi connectivity index (χ1) is 18.0. The van der Waals surface area contributed by atoms with Crippen molar-refractivity contribution < 1.29 is 43.9 Å². The molecular weight excluding hydrogens is 492 g/mol. The van der Waals surface area contributed by atoms with Crippen LogP contribution >= 0.6 is 0 Å². The SMILES string of the molecule is CC1CC(O)C(=O)C(O[C@@H]2C[C@@H]3CC[C@@H]4[C@H](CC[C@]5(C)C(C6=CC(=O)OC6)CC[C@]45O)[C@@]3(C=O)C[C@H]2O)O1. The standard InChI is InChI=1S/C29H40O9/c1-15-9-21(31)25(34)26(37-15)38-23-11-17-3-4-20-19(28(17,14-30)12-22(23)32)5-7-27(2)18(6-8-29(20,27)35)16-10-24(33)36-13-16/h10,14-15,17-23,26,31-32,35H,3-9,11-13H2,1-2H3/t15?,17-,18?,19-,20+,21?,22+,23+,26?,27+,28+,29-/m0/s1. The Hall–Kier alpha value is -1.65. The minimum absolute atomic E-state index is 0.0376. The van der Waals surface area contributed by atoms with Crippen molar-refractivity contribution in [1.82, 2.24) is 0 Å². The number of Topliss-reactive ketones (excluding diaryl/α,β-unsaturated/α-hetero) is 1. The Morgan fingerprint density at radius 2 is 1.87 bits per heavy atom. The molecule has 12 atom stereocenters. The number of carbonyl (C=O) groups excluding carboxylic acids is 3. The van der Waals surface area contributed by atoms with Crippen LogP contribution < -0.4 is 0 Å². The van der Waals surface area contributed by atoms with E-state index in [1.807, 2.05) is 0 Å². The van der Waals surface area contributed by atoms with Crippen LogP contribution in [0.3, 0.4) is 0 Å². The van der Waals surface area contributed by atoms with E-state index in [1.165, 1.54) is 0 Å². The number of aliphatic hydroxyl groups is 3. The van der Waals surface area contributed by atoms with Crippen LogP contribution in [0.2, 0.25) is 0 Å². The van der Waals surface area contributed by atoms with Crippen LogP contribution in [0.4, 0.5) is 0 Å². The maximum Gasteiger partial charge on any atom is 0.331 e. The minimum Gasteiger partial charge on any atom is -0.458 e. The molecule has 4 aliphatic carbocycles. The third-order valence-corrected chi connectivity index (χ3v) is 11.6. The van der Waals surface area contributed by atoms with Crippen LogP contribution in [0.25, 0.3) is 0 Å². The van der Waals surface area contributed by atoms with Crippen LogP contribution in [0.15, 0.2) is 11.6 Å². The average molecular weight is 533 g/mol. The lowest BCUT2D eigenvalue weighted by atomic mass is 9.43. The van der Waals surface area contributed by atoms with Gasteiger partial charge in [0.2, 0.25) is 12.1 Å². The molecule has 0 aromatic carbocycles. The first-order valence-corrected chi connectivity index (χ1v) is 14.3. The molecule has 6 aliphatic rings. The van der Waals surface area contributed by atoms with Crippen LogP contribution in [-0.4, -0.2) is 76.3 Å². The van der Waals surface area contributed by atoms with E-state index < -0.39 is 46.8 Å². The number of carbonyl (C=O) groups is 3. The summed E-state index contributed by atoms with van der Waals surface area (Å²) in [6.07, 6.45) is 3.55. The summed E-state index contributed by atoms with van der Waals surface area (Å²) in [7, 11) is 0. The Kier molecular flexibility index (Phi) is 6.43. The number of aliphatic hydroxyl groups excluding tert-OH is 2. The molecule has 5 fully saturated rings. The number of esters is 1. The van der Waals surface area contributed by atoms with Crippen molar-refractivity contribution in [3.63, 3.8) is 0 Å². The number of aldehydes is 1. The summed E-state index contributed by atoms with van der Waals surface area (Å²) < 4.78 is 16.8. The summed E-state index contributed by atoms with van der Waals surface area (Å²) in [4.78, 5) is 37.2. The number of ketones is 1. The second-order valence-electron chi connectivity index (χ2n) is 13.1. The van der Waals surface area contributed by atoms with Crippen molar-refractivity contribution in [2.75, 3.05) is 6.61 Å². The summed E-state index contributed by atoms with van der Waals surface area (Å²) in [5.41, 5.74) is -1.16. The highest BCUT2D eigenvalue weighted by Gasteiger charge is 2.69. The van der Waals surface area contributed by atoms with Gasteiger partial charge in [-0.25, -0.2) is 4.79 Å². The monoisotopic (exact) mass is 532 g/mol. The highest BCUT2D eigenvalue weighted by Crippen LogP contribution is 2.69. The minimum atomic E-state index is -1.22. The molecule has 0 amide bonds. The third kappa shape index (κ3) is 3.72. The average Bonchev–Trinajstić information content (AvgIpc) is 3.42. The highest BCUT2D eigenvalue weighted by molar-refractivity contribution is 5.86. The molecule has 6 rings (SSSR count). The van der Waals surface area contributed by atoms with Crippen molar-refractivity contribution in [1.29, 1.82) is 0 Å². The molecule has 3 N–H and O–H groups in total. The molecular formula is C29H40O9. The zero-order valence-corrected chi connectivity index (χ0v) is 22.2. The van der Waals surface area contributed by atoms with Gasteiger partial charge in [0.25, 0.3) is 0 Å². The molecule has 0 radical (unpaired) electrons. The van der Waals surface area contributed by atoms with Crippen LogP contribution in [0.5, 0.6) is 0 Å². The van der Waals surface area contributed by atoms with Gasteiger partial charge >= 0.3 is 5.97 Å². The summed E-state index contributed by atoms with van der Waals surface area (Å²) in [6.45, 7) is 4.20. The maximum absolute atomic E-state index is 12.9. The van der Waals surface area contributed by atoms with Gasteiger partial charge in [-0.2, -0.15) is 0 Å². The van der Waals surface area contributed by atoms with Gasteiger partial charge in [-0.1, -0.05) is 6.92 Å². The molecule has 210 valence electrons. The van der Waals surface area contributed by atoms with Gasteiger partial charge in [-0.15, -0.1) is 0 Å². The Morgan fingerprint density at radius 3 is 2.58 bits per heavy atom. The fourth-order valence-electron chi connectivity index (χ4n) is 9.62. The normalized spacial score (nSPS) is 52.4. The molecule has 0 aromatic rings. The predicted molar refractivity (Wildman–Crippen MR) is 132 cm³/mol. The molecule has 9 heteroatoms. The molecule has 2 aliphatic heterocycles. The van der Waals surface area contributed by atoms with Gasteiger partial charge in [-0.3, -0.25) is 4.79 Å². The van der Waals surface area contributed by atoms with Crippen LogP contribution in [0.1, 0.15) is 71.6 Å². The number of fused-ring (bicyclic) bond motifs is 5. The van der Waals surface area contributed by atoms with Gasteiger partial charge < -0.3 is 34.3 Å². The van der Waals surface area contributed by atoms with Crippen LogP contribution in [0, 0.1) is 34.5 Å². The lowest BCUT2D eigenvalue weighted by molar-refractivity contribution is -0.253. The van der Waals surface area contributed by atoms with E-state index in [0.29, 0.717) is 19.4 Å². The molecule has 4 saturated carbocycles. The van der Waals surface area contributed by atoms with Gasteiger partial charge in [0.1, 0.15) is 19.0 Å². The molecule has 2 heterocycles. The fraction of sp³-hybridized carbons (Fsp3) is 0.828. The van der Waals surface area contributed by atoms with Gasteiger partial charge in [-0.05, 0) is 87.5 Å². The summed E-state index contributed by atoms with van der Waals surface area (Å²) >= 11 is 0. The summed E-state index contributed by atoms with van der Waals surface area (Å²) in [5.74, 6) is -0.938. The van der Waals surface area contributed by atoms with Crippen molar-refractivity contribution in [3.8, 4) is 0 Å². The molecule has 0 spiro atoms.